The summed E-state index contributed by atoms with van der Waals surface area (Å²) in [5.41, 5.74) is -0.613. The van der Waals surface area contributed by atoms with Crippen LogP contribution in [0.5, 0.6) is 5.88 Å². The van der Waals surface area contributed by atoms with E-state index in [2.05, 4.69) is 9.97 Å². The zero-order valence-corrected chi connectivity index (χ0v) is 9.88. The molecule has 18 heavy (non-hydrogen) atoms. The van der Waals surface area contributed by atoms with Gasteiger partial charge in [-0.3, -0.25) is 14.8 Å². The fourth-order valence-corrected chi connectivity index (χ4v) is 2.85. The Kier molecular flexibility index (Phi) is 2.31. The average Bonchev–Trinajstić information content (AvgIpc) is 2.72. The summed E-state index contributed by atoms with van der Waals surface area (Å²) in [5, 5.41) is 12.4. The van der Waals surface area contributed by atoms with Crippen molar-refractivity contribution < 1.29 is 5.11 Å². The highest BCUT2D eigenvalue weighted by Gasteiger charge is 2.15. The maximum Gasteiger partial charge on any atom is 0.328 e. The molecule has 5 nitrogen and oxygen atoms in total. The van der Waals surface area contributed by atoms with Crippen molar-refractivity contribution in [3.63, 3.8) is 0 Å². The standard InChI is InChI=1S/C12H8N2O3S/c15-10-9(11(16)14-12(17)13-10)7-5-18-8-4-2-1-3-6(7)8/h1-5H,(H3,13,14,15,16,17). The van der Waals surface area contributed by atoms with Gasteiger partial charge >= 0.3 is 5.69 Å². The molecule has 0 amide bonds. The van der Waals surface area contributed by atoms with E-state index in [0.29, 0.717) is 5.56 Å². The van der Waals surface area contributed by atoms with Crippen LogP contribution < -0.4 is 11.2 Å². The van der Waals surface area contributed by atoms with Crippen molar-refractivity contribution in [3.8, 4) is 17.0 Å². The van der Waals surface area contributed by atoms with E-state index in [4.69, 9.17) is 0 Å². The van der Waals surface area contributed by atoms with Gasteiger partial charge in [0.2, 0.25) is 5.88 Å². The molecule has 0 aliphatic carbocycles. The molecular weight excluding hydrogens is 252 g/mol. The van der Waals surface area contributed by atoms with Gasteiger partial charge in [-0.1, -0.05) is 18.2 Å². The summed E-state index contributed by atoms with van der Waals surface area (Å²) >= 11 is 1.47. The summed E-state index contributed by atoms with van der Waals surface area (Å²) < 4.78 is 1.01. The Morgan fingerprint density at radius 1 is 1.11 bits per heavy atom. The van der Waals surface area contributed by atoms with Crippen molar-refractivity contribution in [2.24, 2.45) is 0 Å². The number of hydrogen-bond donors (Lipinski definition) is 3. The summed E-state index contributed by atoms with van der Waals surface area (Å²) in [6.07, 6.45) is 0. The van der Waals surface area contributed by atoms with Crippen LogP contribution in [-0.4, -0.2) is 15.1 Å². The lowest BCUT2D eigenvalue weighted by molar-refractivity contribution is 0.451. The molecule has 2 aromatic heterocycles. The predicted molar refractivity (Wildman–Crippen MR) is 70.2 cm³/mol. The maximum absolute atomic E-state index is 11.8. The molecule has 3 N–H and O–H groups in total. The highest BCUT2D eigenvalue weighted by molar-refractivity contribution is 7.17. The third kappa shape index (κ3) is 1.54. The van der Waals surface area contributed by atoms with Crippen molar-refractivity contribution in [3.05, 3.63) is 50.5 Å². The number of hydrogen-bond acceptors (Lipinski definition) is 4. The van der Waals surface area contributed by atoms with Crippen LogP contribution in [0, 0.1) is 0 Å². The fourth-order valence-electron chi connectivity index (χ4n) is 1.90. The van der Waals surface area contributed by atoms with E-state index in [-0.39, 0.29) is 5.56 Å². The lowest BCUT2D eigenvalue weighted by Gasteiger charge is -2.01. The second kappa shape index (κ2) is 3.85. The van der Waals surface area contributed by atoms with E-state index in [9.17, 15) is 14.7 Å². The highest BCUT2D eigenvalue weighted by Crippen LogP contribution is 2.34. The zero-order valence-electron chi connectivity index (χ0n) is 9.06. The Hall–Kier alpha value is -2.34. The Morgan fingerprint density at radius 3 is 2.67 bits per heavy atom. The number of rotatable bonds is 1. The second-order valence-corrected chi connectivity index (χ2v) is 4.69. The minimum Gasteiger partial charge on any atom is -0.494 e. The SMILES string of the molecule is O=c1[nH]c(O)c(-c2csc3ccccc23)c(=O)[nH]1. The third-order valence-electron chi connectivity index (χ3n) is 2.67. The molecule has 0 saturated carbocycles. The molecule has 0 saturated heterocycles. The molecule has 6 heteroatoms. The van der Waals surface area contributed by atoms with Gasteiger partial charge in [0.15, 0.2) is 0 Å². The van der Waals surface area contributed by atoms with Crippen LogP contribution >= 0.6 is 11.3 Å². The third-order valence-corrected chi connectivity index (χ3v) is 3.64. The summed E-state index contributed by atoms with van der Waals surface area (Å²) in [6, 6.07) is 7.56. The van der Waals surface area contributed by atoms with Crippen LogP contribution in [0.25, 0.3) is 21.2 Å². The zero-order chi connectivity index (χ0) is 12.7. The first-order chi connectivity index (χ1) is 8.66. The van der Waals surface area contributed by atoms with Gasteiger partial charge in [0.05, 0.1) is 0 Å². The Morgan fingerprint density at radius 2 is 1.89 bits per heavy atom. The minimum atomic E-state index is -0.721. The smallest absolute Gasteiger partial charge is 0.328 e. The number of aromatic hydroxyl groups is 1. The quantitative estimate of drug-likeness (QED) is 0.621. The minimum absolute atomic E-state index is 0.0899. The molecule has 0 spiro atoms. The van der Waals surface area contributed by atoms with Crippen LogP contribution in [0.15, 0.2) is 39.2 Å². The van der Waals surface area contributed by atoms with Gasteiger partial charge in [0.1, 0.15) is 5.56 Å². The molecule has 0 unspecified atom stereocenters. The van der Waals surface area contributed by atoms with Gasteiger partial charge in [-0.25, -0.2) is 4.79 Å². The van der Waals surface area contributed by atoms with Gasteiger partial charge in [0.25, 0.3) is 5.56 Å². The van der Waals surface area contributed by atoms with E-state index in [1.54, 1.807) is 5.38 Å². The first-order valence-electron chi connectivity index (χ1n) is 5.19. The molecule has 1 aromatic carbocycles. The summed E-state index contributed by atoms with van der Waals surface area (Å²) in [4.78, 5) is 27.1. The van der Waals surface area contributed by atoms with Gasteiger partial charge in [-0.2, -0.15) is 0 Å². The molecule has 0 aliphatic rings. The van der Waals surface area contributed by atoms with Crippen LogP contribution in [-0.2, 0) is 0 Å². The highest BCUT2D eigenvalue weighted by atomic mass is 32.1. The van der Waals surface area contributed by atoms with E-state index < -0.39 is 17.1 Å². The van der Waals surface area contributed by atoms with Crippen molar-refractivity contribution >= 4 is 21.4 Å². The van der Waals surface area contributed by atoms with Crippen LogP contribution in [0.1, 0.15) is 0 Å². The molecular formula is C12H8N2O3S. The molecule has 3 aromatic rings. The Bertz CT molecular complexity index is 844. The molecule has 0 atom stereocenters. The first-order valence-corrected chi connectivity index (χ1v) is 6.07. The topological polar surface area (TPSA) is 85.9 Å². The van der Waals surface area contributed by atoms with Crippen molar-refractivity contribution in [1.82, 2.24) is 9.97 Å². The molecule has 0 fully saturated rings. The summed E-state index contributed by atoms with van der Waals surface area (Å²) in [5.74, 6) is -0.410. The van der Waals surface area contributed by atoms with Gasteiger partial charge in [-0.05, 0) is 6.07 Å². The molecule has 0 bridgehead atoms. The van der Waals surface area contributed by atoms with E-state index in [0.717, 1.165) is 10.1 Å². The molecule has 0 aliphatic heterocycles. The van der Waals surface area contributed by atoms with Crippen molar-refractivity contribution in [2.45, 2.75) is 0 Å². The predicted octanol–water partition coefficient (Wildman–Crippen LogP) is 1.65. The lowest BCUT2D eigenvalue weighted by atomic mass is 10.1. The number of aromatic nitrogens is 2. The summed E-state index contributed by atoms with van der Waals surface area (Å²) in [7, 11) is 0. The number of H-pyrrole nitrogens is 2. The Balaban J connectivity index is 2.40. The largest absolute Gasteiger partial charge is 0.494 e. The average molecular weight is 260 g/mol. The molecule has 3 rings (SSSR count). The number of aromatic amines is 2. The number of nitrogens with one attached hydrogen (secondary N) is 2. The maximum atomic E-state index is 11.8. The molecule has 2 heterocycles. The number of fused-ring (bicyclic) bond motifs is 1. The monoisotopic (exact) mass is 260 g/mol. The normalized spacial score (nSPS) is 10.9. The van der Waals surface area contributed by atoms with Gasteiger partial charge < -0.3 is 5.11 Å². The van der Waals surface area contributed by atoms with Crippen LogP contribution in [0.3, 0.4) is 0 Å². The Labute approximate surface area is 104 Å². The van der Waals surface area contributed by atoms with Crippen molar-refractivity contribution in [1.29, 1.82) is 0 Å². The van der Waals surface area contributed by atoms with Crippen molar-refractivity contribution in [2.75, 3.05) is 0 Å². The lowest BCUT2D eigenvalue weighted by Crippen LogP contribution is -2.22. The van der Waals surface area contributed by atoms with E-state index in [1.807, 2.05) is 24.3 Å². The molecule has 0 radical (unpaired) electrons. The van der Waals surface area contributed by atoms with E-state index in [1.165, 1.54) is 11.3 Å². The summed E-state index contributed by atoms with van der Waals surface area (Å²) in [6.45, 7) is 0. The second-order valence-electron chi connectivity index (χ2n) is 3.78. The first kappa shape index (κ1) is 10.8. The van der Waals surface area contributed by atoms with Gasteiger partial charge in [-0.15, -0.1) is 11.3 Å². The van der Waals surface area contributed by atoms with Gasteiger partial charge in [0, 0.05) is 21.0 Å². The molecule has 90 valence electrons. The number of benzene rings is 1. The van der Waals surface area contributed by atoms with E-state index >= 15 is 0 Å². The fraction of sp³-hybridized carbons (Fsp3) is 0. The van der Waals surface area contributed by atoms with Crippen LogP contribution in [0.4, 0.5) is 0 Å². The number of thiophene rings is 1. The van der Waals surface area contributed by atoms with Crippen LogP contribution in [0.2, 0.25) is 0 Å².